The number of amides is 1. The quantitative estimate of drug-likeness (QED) is 0.859. The molecule has 0 unspecified atom stereocenters. The highest BCUT2D eigenvalue weighted by Crippen LogP contribution is 2.23. The summed E-state index contributed by atoms with van der Waals surface area (Å²) in [6.45, 7) is 3.50. The lowest BCUT2D eigenvalue weighted by atomic mass is 9.94. The molecule has 0 saturated carbocycles. The molecule has 2 aromatic rings. The Labute approximate surface area is 129 Å². The van der Waals surface area contributed by atoms with Crippen LogP contribution >= 0.6 is 0 Å². The second-order valence-corrected chi connectivity index (χ2v) is 5.11. The highest BCUT2D eigenvalue weighted by Gasteiger charge is 2.27. The number of rotatable bonds is 6. The number of benzene rings is 1. The van der Waals surface area contributed by atoms with Gasteiger partial charge < -0.3 is 14.8 Å². The Morgan fingerprint density at radius 1 is 1.18 bits per heavy atom. The minimum absolute atomic E-state index is 0.190. The smallest absolute Gasteiger partial charge is 0.308 e. The van der Waals surface area contributed by atoms with Crippen LogP contribution in [0.2, 0.25) is 0 Å². The van der Waals surface area contributed by atoms with Crippen LogP contribution in [0.4, 0.5) is 0 Å². The molecule has 0 bridgehead atoms. The Morgan fingerprint density at radius 3 is 2.41 bits per heavy atom. The van der Waals surface area contributed by atoms with Crippen molar-refractivity contribution in [2.75, 3.05) is 0 Å². The van der Waals surface area contributed by atoms with Gasteiger partial charge in [-0.25, -0.2) is 0 Å². The number of carbonyl (C=O) groups excluding carboxylic acids is 1. The molecule has 116 valence electrons. The first-order chi connectivity index (χ1) is 10.5. The number of hydrogen-bond donors (Lipinski definition) is 2. The third kappa shape index (κ3) is 3.55. The van der Waals surface area contributed by atoms with Crippen molar-refractivity contribution in [2.45, 2.75) is 26.3 Å². The summed E-state index contributed by atoms with van der Waals surface area (Å²) in [7, 11) is 0. The molecule has 2 N–H and O–H groups in total. The third-order valence-corrected chi connectivity index (χ3v) is 3.57. The Kier molecular flexibility index (Phi) is 4.99. The van der Waals surface area contributed by atoms with Gasteiger partial charge in [0.2, 0.25) is 0 Å². The first-order valence-electron chi connectivity index (χ1n) is 7.20. The predicted octanol–water partition coefficient (Wildman–Crippen LogP) is 3.03. The van der Waals surface area contributed by atoms with Crippen LogP contribution in [0.3, 0.4) is 0 Å². The van der Waals surface area contributed by atoms with E-state index in [4.69, 9.17) is 4.42 Å². The molecule has 1 amide bonds. The lowest BCUT2D eigenvalue weighted by Crippen LogP contribution is -2.35. The molecule has 0 radical (unpaired) electrons. The van der Waals surface area contributed by atoms with E-state index in [0.29, 0.717) is 12.2 Å². The van der Waals surface area contributed by atoms with Gasteiger partial charge in [-0.05, 0) is 24.6 Å². The maximum absolute atomic E-state index is 12.3. The molecule has 0 fully saturated rings. The van der Waals surface area contributed by atoms with Crippen molar-refractivity contribution in [1.82, 2.24) is 5.32 Å². The fraction of sp³-hybridized carbons (Fsp3) is 0.294. The summed E-state index contributed by atoms with van der Waals surface area (Å²) >= 11 is 0. The Hall–Kier alpha value is -2.56. The van der Waals surface area contributed by atoms with E-state index >= 15 is 0 Å². The molecule has 5 heteroatoms. The van der Waals surface area contributed by atoms with Gasteiger partial charge in [-0.2, -0.15) is 0 Å². The van der Waals surface area contributed by atoms with Crippen LogP contribution in [0.15, 0.2) is 46.9 Å². The van der Waals surface area contributed by atoms with Crippen LogP contribution in [0.5, 0.6) is 0 Å². The van der Waals surface area contributed by atoms with Gasteiger partial charge in [0.15, 0.2) is 5.76 Å². The van der Waals surface area contributed by atoms with Crippen LogP contribution in [-0.4, -0.2) is 17.0 Å². The van der Waals surface area contributed by atoms with Gasteiger partial charge in [0.05, 0.1) is 12.0 Å². The summed E-state index contributed by atoms with van der Waals surface area (Å²) in [6.07, 6.45) is 0.695. The van der Waals surface area contributed by atoms with Gasteiger partial charge in [0.1, 0.15) is 5.76 Å². The maximum Gasteiger partial charge on any atom is 0.308 e. The van der Waals surface area contributed by atoms with Gasteiger partial charge in [0, 0.05) is 6.42 Å². The zero-order valence-electron chi connectivity index (χ0n) is 12.6. The SMILES string of the molecule is CCc1ccc(C(=O)N[C@H](c2ccccc2)[C@H](C)C(=O)O)o1. The molecule has 0 aliphatic carbocycles. The van der Waals surface area contributed by atoms with E-state index in [0.717, 1.165) is 5.56 Å². The molecule has 22 heavy (non-hydrogen) atoms. The molecule has 2 atom stereocenters. The van der Waals surface area contributed by atoms with Crippen molar-refractivity contribution in [1.29, 1.82) is 0 Å². The summed E-state index contributed by atoms with van der Waals surface area (Å²) in [4.78, 5) is 23.6. The Bertz CT molecular complexity index is 648. The highest BCUT2D eigenvalue weighted by atomic mass is 16.4. The first-order valence-corrected chi connectivity index (χ1v) is 7.20. The summed E-state index contributed by atoms with van der Waals surface area (Å²) in [5.41, 5.74) is 0.744. The van der Waals surface area contributed by atoms with E-state index in [1.54, 1.807) is 31.2 Å². The number of nitrogens with one attached hydrogen (secondary N) is 1. The number of carbonyl (C=O) groups is 2. The molecular weight excluding hydrogens is 282 g/mol. The van der Waals surface area contributed by atoms with Gasteiger partial charge in [-0.15, -0.1) is 0 Å². The lowest BCUT2D eigenvalue weighted by molar-refractivity contribution is -0.142. The number of aryl methyl sites for hydroxylation is 1. The standard InChI is InChI=1S/C17H19NO4/c1-3-13-9-10-14(22-13)16(19)18-15(11(2)17(20)21)12-7-5-4-6-8-12/h4-11,15H,3H2,1-2H3,(H,18,19)(H,20,21)/t11-,15-/m0/s1. The second-order valence-electron chi connectivity index (χ2n) is 5.11. The van der Waals surface area contributed by atoms with E-state index in [-0.39, 0.29) is 5.76 Å². The molecule has 0 saturated heterocycles. The van der Waals surface area contributed by atoms with Crippen molar-refractivity contribution in [3.63, 3.8) is 0 Å². The van der Waals surface area contributed by atoms with Gasteiger partial charge >= 0.3 is 5.97 Å². The molecule has 1 aromatic carbocycles. The molecule has 2 rings (SSSR count). The average molecular weight is 301 g/mol. The Balaban J connectivity index is 2.22. The zero-order chi connectivity index (χ0) is 16.1. The number of aliphatic carboxylic acids is 1. The summed E-state index contributed by atoms with van der Waals surface area (Å²) in [5, 5.41) is 12.0. The molecular formula is C17H19NO4. The highest BCUT2D eigenvalue weighted by molar-refractivity contribution is 5.92. The average Bonchev–Trinajstić information content (AvgIpc) is 3.01. The monoisotopic (exact) mass is 301 g/mol. The van der Waals surface area contributed by atoms with Gasteiger partial charge in [-0.1, -0.05) is 37.3 Å². The van der Waals surface area contributed by atoms with Crippen molar-refractivity contribution in [3.8, 4) is 0 Å². The Morgan fingerprint density at radius 2 is 1.86 bits per heavy atom. The van der Waals surface area contributed by atoms with Gasteiger partial charge in [-0.3, -0.25) is 9.59 Å². The van der Waals surface area contributed by atoms with Crippen LogP contribution in [0.25, 0.3) is 0 Å². The summed E-state index contributed by atoms with van der Waals surface area (Å²) < 4.78 is 5.41. The topological polar surface area (TPSA) is 79.5 Å². The molecule has 5 nitrogen and oxygen atoms in total. The van der Waals surface area contributed by atoms with Crippen molar-refractivity contribution >= 4 is 11.9 Å². The summed E-state index contributed by atoms with van der Waals surface area (Å²) in [5.74, 6) is -1.24. The first kappa shape index (κ1) is 15.8. The van der Waals surface area contributed by atoms with Crippen LogP contribution in [0, 0.1) is 5.92 Å². The fourth-order valence-corrected chi connectivity index (χ4v) is 2.20. The molecule has 0 aliphatic rings. The van der Waals surface area contributed by atoms with E-state index in [1.165, 1.54) is 0 Å². The predicted molar refractivity (Wildman–Crippen MR) is 81.5 cm³/mol. The number of carboxylic acids is 1. The molecule has 1 heterocycles. The third-order valence-electron chi connectivity index (χ3n) is 3.57. The van der Waals surface area contributed by atoms with E-state index in [2.05, 4.69) is 5.32 Å². The number of carboxylic acid groups (broad SMARTS) is 1. The maximum atomic E-state index is 12.3. The minimum Gasteiger partial charge on any atom is -0.481 e. The van der Waals surface area contributed by atoms with E-state index in [1.807, 2.05) is 25.1 Å². The molecule has 0 spiro atoms. The zero-order valence-corrected chi connectivity index (χ0v) is 12.6. The number of furan rings is 1. The van der Waals surface area contributed by atoms with Gasteiger partial charge in [0.25, 0.3) is 5.91 Å². The van der Waals surface area contributed by atoms with E-state index < -0.39 is 23.8 Å². The normalized spacial score (nSPS) is 13.4. The van der Waals surface area contributed by atoms with Crippen molar-refractivity contribution < 1.29 is 19.1 Å². The lowest BCUT2D eigenvalue weighted by Gasteiger charge is -2.22. The minimum atomic E-state index is -0.970. The van der Waals surface area contributed by atoms with Crippen LogP contribution in [-0.2, 0) is 11.2 Å². The largest absolute Gasteiger partial charge is 0.481 e. The van der Waals surface area contributed by atoms with E-state index in [9.17, 15) is 14.7 Å². The summed E-state index contributed by atoms with van der Waals surface area (Å²) in [6, 6.07) is 11.8. The van der Waals surface area contributed by atoms with Crippen molar-refractivity contribution in [3.05, 3.63) is 59.5 Å². The number of hydrogen-bond acceptors (Lipinski definition) is 3. The van der Waals surface area contributed by atoms with Crippen LogP contribution < -0.4 is 5.32 Å². The second kappa shape index (κ2) is 6.93. The molecule has 1 aromatic heterocycles. The molecule has 0 aliphatic heterocycles. The fourth-order valence-electron chi connectivity index (χ4n) is 2.20. The van der Waals surface area contributed by atoms with Crippen LogP contribution in [0.1, 0.15) is 41.8 Å². The van der Waals surface area contributed by atoms with Crippen molar-refractivity contribution in [2.24, 2.45) is 5.92 Å².